The molecule has 1 amide bonds. The van der Waals surface area contributed by atoms with Crippen molar-refractivity contribution < 1.29 is 19.4 Å². The zero-order valence-corrected chi connectivity index (χ0v) is 13.2. The maximum atomic E-state index is 12.2. The largest absolute Gasteiger partial charge is 0.481 e. The highest BCUT2D eigenvalue weighted by atomic mass is 16.6. The highest BCUT2D eigenvalue weighted by Gasteiger charge is 2.38. The molecular weight excluding hydrogens is 294 g/mol. The first-order valence-corrected chi connectivity index (χ1v) is 8.32. The highest BCUT2D eigenvalue weighted by molar-refractivity contribution is 5.70. The molecule has 1 aliphatic heterocycles. The van der Waals surface area contributed by atoms with E-state index in [0.717, 1.165) is 31.2 Å². The van der Waals surface area contributed by atoms with Gasteiger partial charge in [0, 0.05) is 13.1 Å². The Bertz CT molecular complexity index is 559. The number of aliphatic carboxylic acids is 1. The molecule has 3 rings (SSSR count). The summed E-state index contributed by atoms with van der Waals surface area (Å²) in [5.74, 6) is -0.0207. The summed E-state index contributed by atoms with van der Waals surface area (Å²) in [5.41, 5.74) is 0.984. The van der Waals surface area contributed by atoms with Gasteiger partial charge < -0.3 is 14.7 Å². The van der Waals surface area contributed by atoms with Crippen molar-refractivity contribution in [1.82, 2.24) is 4.90 Å². The number of likely N-dealkylation sites (tertiary alicyclic amines) is 1. The third-order valence-corrected chi connectivity index (χ3v) is 5.18. The summed E-state index contributed by atoms with van der Waals surface area (Å²) in [6.07, 6.45) is 3.00. The number of rotatable bonds is 3. The molecule has 1 heterocycles. The van der Waals surface area contributed by atoms with E-state index in [1.807, 2.05) is 30.3 Å². The van der Waals surface area contributed by atoms with E-state index in [1.54, 1.807) is 4.90 Å². The van der Waals surface area contributed by atoms with E-state index < -0.39 is 5.97 Å². The second kappa shape index (κ2) is 7.02. The van der Waals surface area contributed by atoms with Gasteiger partial charge in [-0.15, -0.1) is 0 Å². The van der Waals surface area contributed by atoms with Gasteiger partial charge in [0.1, 0.15) is 6.61 Å². The Morgan fingerprint density at radius 1 is 1.13 bits per heavy atom. The smallest absolute Gasteiger partial charge is 0.410 e. The molecule has 2 aliphatic rings. The van der Waals surface area contributed by atoms with E-state index in [4.69, 9.17) is 9.84 Å². The molecule has 0 bridgehead atoms. The molecule has 1 N–H and O–H groups in total. The molecule has 1 saturated carbocycles. The molecule has 23 heavy (non-hydrogen) atoms. The number of carbonyl (C=O) groups excluding carboxylic acids is 1. The molecule has 0 spiro atoms. The van der Waals surface area contributed by atoms with Crippen molar-refractivity contribution in [2.45, 2.75) is 32.3 Å². The van der Waals surface area contributed by atoms with Crippen molar-refractivity contribution in [1.29, 1.82) is 0 Å². The third kappa shape index (κ3) is 3.84. The maximum Gasteiger partial charge on any atom is 0.410 e. The Balaban J connectivity index is 1.49. The Labute approximate surface area is 136 Å². The van der Waals surface area contributed by atoms with Gasteiger partial charge in [-0.2, -0.15) is 0 Å². The van der Waals surface area contributed by atoms with Gasteiger partial charge in [0.05, 0.1) is 5.92 Å². The Kier molecular flexibility index (Phi) is 4.84. The minimum Gasteiger partial charge on any atom is -0.481 e. The normalized spacial score (nSPS) is 27.1. The molecule has 5 nitrogen and oxygen atoms in total. The van der Waals surface area contributed by atoms with Gasteiger partial charge in [-0.05, 0) is 43.1 Å². The minimum atomic E-state index is -0.673. The SMILES string of the molecule is O=C(O)C1CCC2CN(C(=O)OCc3ccccc3)CCC2C1. The number of carboxylic acid groups (broad SMARTS) is 1. The molecule has 3 atom stereocenters. The van der Waals surface area contributed by atoms with Crippen LogP contribution in [0.2, 0.25) is 0 Å². The average molecular weight is 317 g/mol. The number of carbonyl (C=O) groups is 2. The Morgan fingerprint density at radius 3 is 2.65 bits per heavy atom. The monoisotopic (exact) mass is 317 g/mol. The minimum absolute atomic E-state index is 0.201. The molecule has 2 fully saturated rings. The van der Waals surface area contributed by atoms with Crippen LogP contribution in [0.25, 0.3) is 0 Å². The van der Waals surface area contributed by atoms with Crippen LogP contribution in [0.1, 0.15) is 31.2 Å². The summed E-state index contributed by atoms with van der Waals surface area (Å²) < 4.78 is 5.40. The predicted molar refractivity (Wildman–Crippen MR) is 84.8 cm³/mol. The summed E-state index contributed by atoms with van der Waals surface area (Å²) in [5, 5.41) is 9.16. The lowest BCUT2D eigenvalue weighted by molar-refractivity contribution is -0.144. The number of benzene rings is 1. The van der Waals surface area contributed by atoms with Crippen LogP contribution in [0.5, 0.6) is 0 Å². The maximum absolute atomic E-state index is 12.2. The van der Waals surface area contributed by atoms with Crippen molar-refractivity contribution in [3.8, 4) is 0 Å². The van der Waals surface area contributed by atoms with Crippen LogP contribution in [0.4, 0.5) is 4.79 Å². The van der Waals surface area contributed by atoms with Crippen molar-refractivity contribution in [3.05, 3.63) is 35.9 Å². The van der Waals surface area contributed by atoms with Crippen LogP contribution < -0.4 is 0 Å². The number of amides is 1. The molecule has 1 aromatic rings. The van der Waals surface area contributed by atoms with E-state index in [2.05, 4.69) is 0 Å². The van der Waals surface area contributed by atoms with Gasteiger partial charge in [-0.25, -0.2) is 4.79 Å². The van der Waals surface area contributed by atoms with Gasteiger partial charge in [0.25, 0.3) is 0 Å². The van der Waals surface area contributed by atoms with E-state index in [0.29, 0.717) is 31.5 Å². The Morgan fingerprint density at radius 2 is 1.91 bits per heavy atom. The van der Waals surface area contributed by atoms with Crippen molar-refractivity contribution in [2.75, 3.05) is 13.1 Å². The molecule has 1 aliphatic carbocycles. The zero-order chi connectivity index (χ0) is 16.2. The molecular formula is C18H23NO4. The second-order valence-electron chi connectivity index (χ2n) is 6.64. The topological polar surface area (TPSA) is 66.8 Å². The fourth-order valence-corrected chi connectivity index (χ4v) is 3.82. The van der Waals surface area contributed by atoms with Crippen molar-refractivity contribution in [3.63, 3.8) is 0 Å². The predicted octanol–water partition coefficient (Wildman–Crippen LogP) is 3.15. The van der Waals surface area contributed by atoms with Crippen LogP contribution >= 0.6 is 0 Å². The number of ether oxygens (including phenoxy) is 1. The number of nitrogens with zero attached hydrogens (tertiary/aromatic N) is 1. The van der Waals surface area contributed by atoms with Crippen LogP contribution in [-0.4, -0.2) is 35.2 Å². The summed E-state index contributed by atoms with van der Waals surface area (Å²) >= 11 is 0. The van der Waals surface area contributed by atoms with Gasteiger partial charge in [-0.3, -0.25) is 4.79 Å². The molecule has 124 valence electrons. The highest BCUT2D eigenvalue weighted by Crippen LogP contribution is 2.39. The standard InChI is InChI=1S/C18H23NO4/c20-17(21)15-6-7-16-11-19(9-8-14(16)10-15)18(22)23-12-13-4-2-1-3-5-13/h1-5,14-16H,6-12H2,(H,20,21). The molecule has 0 radical (unpaired) electrons. The number of hydrogen-bond acceptors (Lipinski definition) is 3. The quantitative estimate of drug-likeness (QED) is 0.930. The van der Waals surface area contributed by atoms with E-state index in [-0.39, 0.29) is 12.0 Å². The Hall–Kier alpha value is -2.04. The molecule has 0 aromatic heterocycles. The lowest BCUT2D eigenvalue weighted by Gasteiger charge is -2.42. The first kappa shape index (κ1) is 15.8. The fraction of sp³-hybridized carbons (Fsp3) is 0.556. The summed E-state index contributed by atoms with van der Waals surface area (Å²) in [4.78, 5) is 25.1. The lowest BCUT2D eigenvalue weighted by Crippen LogP contribution is -2.46. The van der Waals surface area contributed by atoms with Crippen molar-refractivity contribution in [2.24, 2.45) is 17.8 Å². The summed E-state index contributed by atoms with van der Waals surface area (Å²) in [7, 11) is 0. The van der Waals surface area contributed by atoms with Crippen LogP contribution in [0, 0.1) is 17.8 Å². The van der Waals surface area contributed by atoms with E-state index in [1.165, 1.54) is 0 Å². The number of hydrogen-bond donors (Lipinski definition) is 1. The molecule has 3 unspecified atom stereocenters. The van der Waals surface area contributed by atoms with Crippen molar-refractivity contribution >= 4 is 12.1 Å². The first-order chi connectivity index (χ1) is 11.1. The van der Waals surface area contributed by atoms with Crippen LogP contribution in [0.15, 0.2) is 30.3 Å². The lowest BCUT2D eigenvalue weighted by atomic mass is 9.71. The summed E-state index contributed by atoms with van der Waals surface area (Å²) in [6, 6.07) is 9.66. The fourth-order valence-electron chi connectivity index (χ4n) is 3.82. The van der Waals surface area contributed by atoms with Gasteiger partial charge in [-0.1, -0.05) is 30.3 Å². The van der Waals surface area contributed by atoms with E-state index >= 15 is 0 Å². The molecule has 1 aromatic carbocycles. The zero-order valence-electron chi connectivity index (χ0n) is 13.2. The van der Waals surface area contributed by atoms with Gasteiger partial charge >= 0.3 is 12.1 Å². The number of fused-ring (bicyclic) bond motifs is 1. The van der Waals surface area contributed by atoms with Crippen LogP contribution in [-0.2, 0) is 16.1 Å². The number of piperidine rings is 1. The molecule has 1 saturated heterocycles. The number of carboxylic acids is 1. The van der Waals surface area contributed by atoms with Crippen LogP contribution in [0.3, 0.4) is 0 Å². The molecule has 5 heteroatoms. The first-order valence-electron chi connectivity index (χ1n) is 8.32. The van der Waals surface area contributed by atoms with Gasteiger partial charge in [0.2, 0.25) is 0 Å². The third-order valence-electron chi connectivity index (χ3n) is 5.18. The second-order valence-corrected chi connectivity index (χ2v) is 6.64. The van der Waals surface area contributed by atoms with Gasteiger partial charge in [0.15, 0.2) is 0 Å². The summed E-state index contributed by atoms with van der Waals surface area (Å²) in [6.45, 7) is 1.66. The average Bonchev–Trinajstić information content (AvgIpc) is 2.59. The van der Waals surface area contributed by atoms with E-state index in [9.17, 15) is 9.59 Å².